The third-order valence-corrected chi connectivity index (χ3v) is 5.89. The van der Waals surface area contributed by atoms with Crippen molar-refractivity contribution in [1.82, 2.24) is 14.9 Å². The highest BCUT2D eigenvalue weighted by atomic mass is 32.1. The van der Waals surface area contributed by atoms with Crippen LogP contribution in [0.25, 0.3) is 22.0 Å². The van der Waals surface area contributed by atoms with E-state index in [9.17, 15) is 4.79 Å². The Kier molecular flexibility index (Phi) is 6.40. The van der Waals surface area contributed by atoms with E-state index in [0.29, 0.717) is 13.1 Å². The van der Waals surface area contributed by atoms with Crippen molar-refractivity contribution in [2.45, 2.75) is 26.3 Å². The van der Waals surface area contributed by atoms with E-state index in [4.69, 9.17) is 4.98 Å². The Labute approximate surface area is 181 Å². The number of carbonyl (C=O) groups is 1. The highest BCUT2D eigenvalue weighted by molar-refractivity contribution is 7.13. The Morgan fingerprint density at radius 2 is 1.83 bits per heavy atom. The molecule has 4 aromatic rings. The van der Waals surface area contributed by atoms with Crippen LogP contribution in [-0.2, 0) is 17.8 Å². The average molecular weight is 416 g/mol. The number of nitrogens with zero attached hydrogens (tertiary/aromatic N) is 2. The molecule has 30 heavy (non-hydrogen) atoms. The van der Waals surface area contributed by atoms with Crippen molar-refractivity contribution >= 4 is 17.2 Å². The summed E-state index contributed by atoms with van der Waals surface area (Å²) in [6, 6.07) is 22.7. The van der Waals surface area contributed by atoms with Gasteiger partial charge in [0, 0.05) is 23.7 Å². The molecular formula is C25H25N3OS. The van der Waals surface area contributed by atoms with Gasteiger partial charge in [0.2, 0.25) is 5.91 Å². The minimum Gasteiger partial charge on any atom is -0.355 e. The second kappa shape index (κ2) is 9.55. The van der Waals surface area contributed by atoms with E-state index in [1.165, 1.54) is 11.1 Å². The minimum atomic E-state index is 0.0239. The molecule has 0 aliphatic heterocycles. The number of nitrogens with one attached hydrogen (secondary N) is 1. The quantitative estimate of drug-likeness (QED) is 0.395. The normalized spacial score (nSPS) is 10.8. The molecule has 152 valence electrons. The summed E-state index contributed by atoms with van der Waals surface area (Å²) in [4.78, 5) is 17.2. The summed E-state index contributed by atoms with van der Waals surface area (Å²) in [7, 11) is 0. The molecule has 0 spiro atoms. The lowest BCUT2D eigenvalue weighted by molar-refractivity contribution is -0.121. The van der Waals surface area contributed by atoms with E-state index in [1.807, 2.05) is 41.1 Å². The predicted octanol–water partition coefficient (Wildman–Crippen LogP) is 5.34. The molecule has 0 fully saturated rings. The largest absolute Gasteiger partial charge is 0.355 e. The summed E-state index contributed by atoms with van der Waals surface area (Å²) in [5, 5.41) is 6.02. The maximum absolute atomic E-state index is 12.4. The van der Waals surface area contributed by atoms with E-state index >= 15 is 0 Å². The summed E-state index contributed by atoms with van der Waals surface area (Å²) < 4.78 is 1.96. The topological polar surface area (TPSA) is 46.9 Å². The monoisotopic (exact) mass is 415 g/mol. The molecule has 2 aromatic heterocycles. The smallest absolute Gasteiger partial charge is 0.239 e. The van der Waals surface area contributed by atoms with E-state index in [2.05, 4.69) is 54.0 Å². The second-order valence-electron chi connectivity index (χ2n) is 7.36. The molecule has 0 saturated carbocycles. The molecule has 2 aromatic carbocycles. The lowest BCUT2D eigenvalue weighted by Gasteiger charge is -2.09. The van der Waals surface area contributed by atoms with Gasteiger partial charge in [-0.25, -0.2) is 4.98 Å². The highest BCUT2D eigenvalue weighted by Gasteiger charge is 2.12. The van der Waals surface area contributed by atoms with Gasteiger partial charge in [0.15, 0.2) is 0 Å². The van der Waals surface area contributed by atoms with Gasteiger partial charge >= 0.3 is 0 Å². The zero-order valence-corrected chi connectivity index (χ0v) is 17.9. The molecule has 0 atom stereocenters. The molecule has 1 N–H and O–H groups in total. The van der Waals surface area contributed by atoms with E-state index in [0.717, 1.165) is 34.8 Å². The Bertz CT molecular complexity index is 1100. The van der Waals surface area contributed by atoms with Gasteiger partial charge in [0.1, 0.15) is 11.6 Å². The van der Waals surface area contributed by atoms with Crippen molar-refractivity contribution in [3.05, 3.63) is 89.4 Å². The first-order valence-electron chi connectivity index (χ1n) is 10.2. The van der Waals surface area contributed by atoms with Gasteiger partial charge in [-0.2, -0.15) is 0 Å². The molecule has 0 aliphatic carbocycles. The Morgan fingerprint density at radius 3 is 2.63 bits per heavy atom. The molecule has 0 aliphatic rings. The number of hydrogen-bond acceptors (Lipinski definition) is 3. The lowest BCUT2D eigenvalue weighted by Crippen LogP contribution is -2.28. The first kappa shape index (κ1) is 20.1. The summed E-state index contributed by atoms with van der Waals surface area (Å²) in [6.07, 6.45) is 3.84. The summed E-state index contributed by atoms with van der Waals surface area (Å²) in [5.74, 6) is 0.0239. The van der Waals surface area contributed by atoms with Crippen molar-refractivity contribution in [2.75, 3.05) is 6.54 Å². The van der Waals surface area contributed by atoms with Gasteiger partial charge in [-0.3, -0.25) is 4.79 Å². The van der Waals surface area contributed by atoms with Crippen LogP contribution >= 0.6 is 11.3 Å². The zero-order chi connectivity index (χ0) is 20.8. The summed E-state index contributed by atoms with van der Waals surface area (Å²) in [5.41, 5.74) is 5.58. The predicted molar refractivity (Wildman–Crippen MR) is 123 cm³/mol. The molecule has 4 rings (SSSR count). The number of hydrogen-bond donors (Lipinski definition) is 1. The molecule has 0 unspecified atom stereocenters. The summed E-state index contributed by atoms with van der Waals surface area (Å²) >= 11 is 1.60. The number of aryl methyl sites for hydroxylation is 2. The average Bonchev–Trinajstić information content (AvgIpc) is 3.42. The molecule has 0 bridgehead atoms. The molecule has 0 saturated heterocycles. The standard InChI is InChI=1S/C25H25N3OS/c1-19-11-13-21(14-12-19)22-18-30-25(27-22)23-10-6-16-28(23)17-24(29)26-15-5-9-20-7-3-2-4-8-20/h2-4,6-8,10-14,16,18H,5,9,15,17H2,1H3,(H,26,29). The Hall–Kier alpha value is -3.18. The Morgan fingerprint density at radius 1 is 1.03 bits per heavy atom. The van der Waals surface area contributed by atoms with Gasteiger partial charge in [-0.1, -0.05) is 60.2 Å². The fraction of sp³-hybridized carbons (Fsp3) is 0.200. The molecule has 2 heterocycles. The van der Waals surface area contributed by atoms with Crippen molar-refractivity contribution in [3.63, 3.8) is 0 Å². The van der Waals surface area contributed by atoms with Crippen LogP contribution in [-0.4, -0.2) is 22.0 Å². The number of aromatic nitrogens is 2. The van der Waals surface area contributed by atoms with Crippen LogP contribution in [0.4, 0.5) is 0 Å². The number of carbonyl (C=O) groups excluding carboxylic acids is 1. The fourth-order valence-corrected chi connectivity index (χ4v) is 4.24. The van der Waals surface area contributed by atoms with Gasteiger partial charge < -0.3 is 9.88 Å². The van der Waals surface area contributed by atoms with Gasteiger partial charge in [0.05, 0.1) is 11.4 Å². The van der Waals surface area contributed by atoms with Gasteiger partial charge in [-0.05, 0) is 37.5 Å². The number of thiazole rings is 1. The second-order valence-corrected chi connectivity index (χ2v) is 8.22. The van der Waals surface area contributed by atoms with Crippen LogP contribution in [0.2, 0.25) is 0 Å². The molecule has 1 amide bonds. The first-order chi connectivity index (χ1) is 14.7. The van der Waals surface area contributed by atoms with Gasteiger partial charge in [0.25, 0.3) is 0 Å². The van der Waals surface area contributed by atoms with E-state index in [1.54, 1.807) is 11.3 Å². The fourth-order valence-electron chi connectivity index (χ4n) is 3.37. The van der Waals surface area contributed by atoms with Crippen molar-refractivity contribution in [3.8, 4) is 22.0 Å². The third kappa shape index (κ3) is 5.05. The number of amides is 1. The van der Waals surface area contributed by atoms with Crippen LogP contribution in [0.3, 0.4) is 0 Å². The Balaban J connectivity index is 1.34. The van der Waals surface area contributed by atoms with Gasteiger partial charge in [-0.15, -0.1) is 11.3 Å². The number of benzene rings is 2. The maximum Gasteiger partial charge on any atom is 0.239 e. The molecule has 5 heteroatoms. The zero-order valence-electron chi connectivity index (χ0n) is 17.0. The van der Waals surface area contributed by atoms with Crippen LogP contribution in [0.1, 0.15) is 17.5 Å². The highest BCUT2D eigenvalue weighted by Crippen LogP contribution is 2.29. The molecular weight excluding hydrogens is 390 g/mol. The lowest BCUT2D eigenvalue weighted by atomic mass is 10.1. The van der Waals surface area contributed by atoms with Crippen molar-refractivity contribution in [2.24, 2.45) is 0 Å². The summed E-state index contributed by atoms with van der Waals surface area (Å²) in [6.45, 7) is 3.06. The maximum atomic E-state index is 12.4. The van der Waals surface area contributed by atoms with Crippen LogP contribution < -0.4 is 5.32 Å². The van der Waals surface area contributed by atoms with E-state index in [-0.39, 0.29) is 5.91 Å². The van der Waals surface area contributed by atoms with Crippen LogP contribution in [0, 0.1) is 6.92 Å². The van der Waals surface area contributed by atoms with Crippen molar-refractivity contribution in [1.29, 1.82) is 0 Å². The van der Waals surface area contributed by atoms with Crippen LogP contribution in [0.15, 0.2) is 78.3 Å². The number of rotatable bonds is 8. The van der Waals surface area contributed by atoms with Crippen molar-refractivity contribution < 1.29 is 4.79 Å². The third-order valence-electron chi connectivity index (χ3n) is 5.02. The minimum absolute atomic E-state index is 0.0239. The van der Waals surface area contributed by atoms with Crippen LogP contribution in [0.5, 0.6) is 0 Å². The first-order valence-corrected chi connectivity index (χ1v) is 11.1. The SMILES string of the molecule is Cc1ccc(-c2csc(-c3cccn3CC(=O)NCCCc3ccccc3)n2)cc1. The molecule has 0 radical (unpaired) electrons. The molecule has 4 nitrogen and oxygen atoms in total. The van der Waals surface area contributed by atoms with E-state index < -0.39 is 0 Å².